The summed E-state index contributed by atoms with van der Waals surface area (Å²) in [7, 11) is 2.00. The van der Waals surface area contributed by atoms with Gasteiger partial charge in [-0.25, -0.2) is 4.98 Å². The zero-order valence-corrected chi connectivity index (χ0v) is 12.2. The number of nitrogens with two attached hydrogens (primary N) is 2. The highest BCUT2D eigenvalue weighted by Gasteiger charge is 1.99. The summed E-state index contributed by atoms with van der Waals surface area (Å²) in [6.07, 6.45) is 4.36. The molecular weight excluding hydrogens is 303 g/mol. The summed E-state index contributed by atoms with van der Waals surface area (Å²) in [6.45, 7) is 0. The van der Waals surface area contributed by atoms with Crippen LogP contribution in [0.1, 0.15) is 1.37 Å². The number of halogens is 2. The van der Waals surface area contributed by atoms with Gasteiger partial charge in [0.2, 0.25) is 11.8 Å². The van der Waals surface area contributed by atoms with Crippen LogP contribution in [0.15, 0.2) is 18.6 Å². The van der Waals surface area contributed by atoms with E-state index < -0.39 is 7.15 Å². The van der Waals surface area contributed by atoms with Crippen LogP contribution in [0.5, 0.6) is 11.8 Å². The van der Waals surface area contributed by atoms with E-state index in [-0.39, 0.29) is 11.0 Å². The summed E-state index contributed by atoms with van der Waals surface area (Å²) in [5.74, 6) is 1.35. The molecule has 21 heavy (non-hydrogen) atoms. The molecule has 0 saturated carbocycles. The van der Waals surface area contributed by atoms with E-state index >= 15 is 0 Å². The van der Waals surface area contributed by atoms with Crippen molar-refractivity contribution in [3.8, 4) is 11.8 Å². The van der Waals surface area contributed by atoms with Crippen molar-refractivity contribution in [1.82, 2.24) is 19.9 Å². The van der Waals surface area contributed by atoms with Crippen molar-refractivity contribution in [3.63, 3.8) is 0 Å². The van der Waals surface area contributed by atoms with Crippen LogP contribution in [0.4, 0.5) is 16.0 Å². The molecule has 116 valence electrons. The number of ether oxygens (including phenoxy) is 2. The van der Waals surface area contributed by atoms with E-state index in [4.69, 9.17) is 33.9 Å². The summed E-state index contributed by atoms with van der Waals surface area (Å²) < 4.78 is 25.0. The standard InChI is InChI=1S/C5H6ClN3O.C5H7N3O.CH3F/c1-10-3-2-8-4(6)5(7)9-3;1-9-5-3-7-2-4(6)8-5;1-2/h2H,1H3,(H2,7,9);2-3H,1H3,(H2,6,8);1H3/i;;1D. The Balaban J connectivity index is 0.000000342. The fraction of sp³-hybridized carbons (Fsp3) is 0.273. The number of rotatable bonds is 2. The molecule has 0 spiro atoms. The van der Waals surface area contributed by atoms with E-state index in [1.807, 2.05) is 0 Å². The quantitative estimate of drug-likeness (QED) is 0.851. The smallest absolute Gasteiger partial charge is 0.234 e. The van der Waals surface area contributed by atoms with Crippen LogP contribution in [0, 0.1) is 0 Å². The summed E-state index contributed by atoms with van der Waals surface area (Å²) >= 11 is 5.48. The van der Waals surface area contributed by atoms with Gasteiger partial charge in [-0.05, 0) is 0 Å². The SMILES string of the molecule is COc1cnc(Cl)c(N)n1.COc1cncc(N)n1.[2H]CF. The summed E-state index contributed by atoms with van der Waals surface area (Å²) in [4.78, 5) is 15.0. The van der Waals surface area contributed by atoms with Crippen molar-refractivity contribution < 1.29 is 15.2 Å². The zero-order chi connectivity index (χ0) is 17.0. The molecule has 0 aliphatic heterocycles. The number of nitrogens with zero attached hydrogens (tertiary/aromatic N) is 4. The number of methoxy groups -OCH3 is 2. The lowest BCUT2D eigenvalue weighted by atomic mass is 10.6. The lowest BCUT2D eigenvalue weighted by Crippen LogP contribution is -1.96. The highest BCUT2D eigenvalue weighted by atomic mass is 35.5. The molecule has 2 heterocycles. The first-order valence-corrected chi connectivity index (χ1v) is 5.64. The largest absolute Gasteiger partial charge is 0.480 e. The fourth-order valence-corrected chi connectivity index (χ4v) is 1.02. The minimum absolute atomic E-state index is 0.181. The van der Waals surface area contributed by atoms with Gasteiger partial charge in [-0.15, -0.1) is 0 Å². The van der Waals surface area contributed by atoms with Crippen molar-refractivity contribution >= 4 is 23.2 Å². The van der Waals surface area contributed by atoms with Gasteiger partial charge in [-0.1, -0.05) is 11.6 Å². The maximum atomic E-state index is 9.96. The van der Waals surface area contributed by atoms with Gasteiger partial charge >= 0.3 is 0 Å². The Labute approximate surface area is 127 Å². The fourth-order valence-electron chi connectivity index (χ4n) is 0.931. The van der Waals surface area contributed by atoms with Gasteiger partial charge in [0.05, 0.1) is 41.3 Å². The van der Waals surface area contributed by atoms with E-state index in [9.17, 15) is 4.39 Å². The molecular formula is C11H16ClFN6O2. The Bertz CT molecular complexity index is 566. The van der Waals surface area contributed by atoms with Crippen LogP contribution in [0.3, 0.4) is 0 Å². The molecule has 2 rings (SSSR count). The van der Waals surface area contributed by atoms with Crippen LogP contribution in [0.25, 0.3) is 0 Å². The Morgan fingerprint density at radius 1 is 1.14 bits per heavy atom. The van der Waals surface area contributed by atoms with Crippen LogP contribution in [0.2, 0.25) is 5.15 Å². The molecule has 2 aromatic heterocycles. The van der Waals surface area contributed by atoms with Gasteiger partial charge in [-0.2, -0.15) is 9.97 Å². The first kappa shape index (κ1) is 16.6. The molecule has 8 nitrogen and oxygen atoms in total. The van der Waals surface area contributed by atoms with Crippen LogP contribution in [-0.4, -0.2) is 41.3 Å². The van der Waals surface area contributed by atoms with E-state index in [0.717, 1.165) is 0 Å². The minimum atomic E-state index is -1.00. The normalized spacial score (nSPS) is 9.24. The maximum absolute atomic E-state index is 9.96. The third-order valence-electron chi connectivity index (χ3n) is 1.78. The first-order valence-electron chi connectivity index (χ1n) is 5.97. The topological polar surface area (TPSA) is 122 Å². The molecule has 0 aromatic carbocycles. The lowest BCUT2D eigenvalue weighted by Gasteiger charge is -1.98. The number of aromatic nitrogens is 4. The molecule has 10 heteroatoms. The monoisotopic (exact) mass is 319 g/mol. The zero-order valence-electron chi connectivity index (χ0n) is 12.5. The lowest BCUT2D eigenvalue weighted by molar-refractivity contribution is 0.396. The second kappa shape index (κ2) is 10.4. The molecule has 0 amide bonds. The first-order chi connectivity index (χ1) is 10.5. The maximum Gasteiger partial charge on any atom is 0.234 e. The van der Waals surface area contributed by atoms with Gasteiger partial charge in [0.15, 0.2) is 11.0 Å². The molecule has 0 radical (unpaired) electrons. The van der Waals surface area contributed by atoms with E-state index in [0.29, 0.717) is 17.6 Å². The summed E-state index contributed by atoms with van der Waals surface area (Å²) in [6, 6.07) is 0. The van der Waals surface area contributed by atoms with Crippen molar-refractivity contribution in [2.75, 3.05) is 32.8 Å². The minimum Gasteiger partial charge on any atom is -0.480 e. The van der Waals surface area contributed by atoms with Gasteiger partial charge in [0, 0.05) is 0 Å². The van der Waals surface area contributed by atoms with Crippen molar-refractivity contribution in [2.24, 2.45) is 0 Å². The molecule has 0 bridgehead atoms. The van der Waals surface area contributed by atoms with E-state index in [1.54, 1.807) is 0 Å². The van der Waals surface area contributed by atoms with Crippen molar-refractivity contribution in [2.45, 2.75) is 0 Å². The average Bonchev–Trinajstić information content (AvgIpc) is 2.51. The Kier molecular flexibility index (Phi) is 8.22. The van der Waals surface area contributed by atoms with Crippen molar-refractivity contribution in [1.29, 1.82) is 0 Å². The molecule has 0 atom stereocenters. The third-order valence-corrected chi connectivity index (χ3v) is 2.07. The van der Waals surface area contributed by atoms with Gasteiger partial charge < -0.3 is 20.9 Å². The van der Waals surface area contributed by atoms with Crippen LogP contribution < -0.4 is 20.9 Å². The van der Waals surface area contributed by atoms with Gasteiger partial charge in [-0.3, -0.25) is 9.37 Å². The molecule has 0 saturated heterocycles. The Morgan fingerprint density at radius 2 is 1.71 bits per heavy atom. The Hall–Kier alpha value is -2.42. The van der Waals surface area contributed by atoms with Crippen LogP contribution in [-0.2, 0) is 0 Å². The predicted octanol–water partition coefficient (Wildman–Crippen LogP) is 1.37. The van der Waals surface area contributed by atoms with Gasteiger partial charge in [0.25, 0.3) is 0 Å². The second-order valence-corrected chi connectivity index (χ2v) is 3.43. The highest BCUT2D eigenvalue weighted by Crippen LogP contribution is 2.14. The average molecular weight is 320 g/mol. The van der Waals surface area contributed by atoms with E-state index in [2.05, 4.69) is 19.9 Å². The molecule has 0 unspecified atom stereocenters. The van der Waals surface area contributed by atoms with Crippen LogP contribution >= 0.6 is 11.6 Å². The summed E-state index contributed by atoms with van der Waals surface area (Å²) in [5.41, 5.74) is 10.6. The molecule has 0 fully saturated rings. The molecule has 0 aliphatic rings. The Morgan fingerprint density at radius 3 is 2.14 bits per heavy atom. The molecule has 0 aliphatic carbocycles. The molecule has 4 N–H and O–H groups in total. The van der Waals surface area contributed by atoms with E-state index in [1.165, 1.54) is 32.8 Å². The second-order valence-electron chi connectivity index (χ2n) is 3.07. The number of hydrogen-bond acceptors (Lipinski definition) is 8. The molecule has 2 aromatic rings. The number of nitrogen functional groups attached to an aromatic ring is 2. The van der Waals surface area contributed by atoms with Crippen molar-refractivity contribution in [3.05, 3.63) is 23.7 Å². The number of anilines is 2. The predicted molar refractivity (Wildman–Crippen MR) is 78.0 cm³/mol. The number of hydrogen-bond donors (Lipinski definition) is 2. The highest BCUT2D eigenvalue weighted by molar-refractivity contribution is 6.31. The van der Waals surface area contributed by atoms with Gasteiger partial charge in [0.1, 0.15) is 5.82 Å². The summed E-state index contributed by atoms with van der Waals surface area (Å²) in [5, 5.41) is 0.195. The third kappa shape index (κ3) is 7.06. The number of alkyl halides is 1.